The summed E-state index contributed by atoms with van der Waals surface area (Å²) in [7, 11) is 1.24. The third kappa shape index (κ3) is 5.46. The molecule has 0 N–H and O–H groups in total. The number of nitrogens with zero attached hydrogens (tertiary/aromatic N) is 3. The fourth-order valence-electron chi connectivity index (χ4n) is 1.64. The second-order valence-electron chi connectivity index (χ2n) is 4.45. The molecule has 1 aromatic carbocycles. The van der Waals surface area contributed by atoms with Crippen molar-refractivity contribution in [2.24, 2.45) is 0 Å². The number of esters is 1. The minimum atomic E-state index is -0.598. The van der Waals surface area contributed by atoms with Crippen molar-refractivity contribution >= 4 is 58.4 Å². The number of methoxy groups -OCH3 is 1. The van der Waals surface area contributed by atoms with Gasteiger partial charge in [0.15, 0.2) is 10.2 Å². The molecule has 0 aliphatic heterocycles. The number of carbonyl (C=O) groups excluding carboxylic acids is 1. The van der Waals surface area contributed by atoms with E-state index in [2.05, 4.69) is 14.7 Å². The van der Waals surface area contributed by atoms with Gasteiger partial charge in [-0.25, -0.2) is 9.97 Å². The van der Waals surface area contributed by atoms with Crippen molar-refractivity contribution in [2.75, 3.05) is 12.9 Å². The zero-order valence-electron chi connectivity index (χ0n) is 12.8. The number of rotatable bonds is 7. The van der Waals surface area contributed by atoms with Crippen molar-refractivity contribution in [1.82, 2.24) is 9.97 Å². The lowest BCUT2D eigenvalue weighted by Gasteiger charge is -2.07. The summed E-state index contributed by atoms with van der Waals surface area (Å²) in [4.78, 5) is 29.8. The number of nitro groups is 1. The highest BCUT2D eigenvalue weighted by molar-refractivity contribution is 8.00. The Bertz CT molecular complexity index is 787. The van der Waals surface area contributed by atoms with Crippen LogP contribution in [0.2, 0.25) is 10.0 Å². The van der Waals surface area contributed by atoms with E-state index >= 15 is 0 Å². The van der Waals surface area contributed by atoms with Gasteiger partial charge < -0.3 is 4.74 Å². The number of ether oxygens (including phenoxy) is 1. The van der Waals surface area contributed by atoms with Crippen LogP contribution in [0.1, 0.15) is 5.56 Å². The molecule has 0 aliphatic rings. The van der Waals surface area contributed by atoms with Gasteiger partial charge in [0.1, 0.15) is 6.20 Å². The average Bonchev–Trinajstić information content (AvgIpc) is 2.59. The smallest absolute Gasteiger partial charge is 0.319 e. The summed E-state index contributed by atoms with van der Waals surface area (Å²) in [5, 5.41) is 12.5. The quantitative estimate of drug-likeness (QED) is 0.164. The third-order valence-corrected chi connectivity index (χ3v) is 5.42. The number of aromatic nitrogens is 2. The molecule has 132 valence electrons. The number of thioether (sulfide) groups is 2. The van der Waals surface area contributed by atoms with Crippen LogP contribution < -0.4 is 0 Å². The zero-order chi connectivity index (χ0) is 18.4. The van der Waals surface area contributed by atoms with Crippen LogP contribution in [0.5, 0.6) is 0 Å². The Kier molecular flexibility index (Phi) is 7.30. The van der Waals surface area contributed by atoms with Crippen molar-refractivity contribution in [3.63, 3.8) is 0 Å². The van der Waals surface area contributed by atoms with Gasteiger partial charge in [0.25, 0.3) is 0 Å². The number of halogens is 2. The van der Waals surface area contributed by atoms with Crippen LogP contribution >= 0.6 is 46.7 Å². The molecule has 11 heteroatoms. The molecule has 0 atom stereocenters. The molecule has 1 aromatic heterocycles. The standard InChI is InChI=1S/C14H11Cl2N3O4S2/c1-23-12(20)7-24-13-11(19(21)22)5-17-14(18-13)25-6-8-9(15)3-2-4-10(8)16/h2-5H,6-7H2,1H3. The van der Waals surface area contributed by atoms with Crippen molar-refractivity contribution in [2.45, 2.75) is 15.9 Å². The molecule has 0 radical (unpaired) electrons. The maximum Gasteiger partial charge on any atom is 0.319 e. The van der Waals surface area contributed by atoms with Crippen molar-refractivity contribution < 1.29 is 14.5 Å². The molecule has 7 nitrogen and oxygen atoms in total. The summed E-state index contributed by atoms with van der Waals surface area (Å²) >= 11 is 14.4. The highest BCUT2D eigenvalue weighted by atomic mass is 35.5. The van der Waals surface area contributed by atoms with Crippen LogP contribution in [-0.2, 0) is 15.3 Å². The van der Waals surface area contributed by atoms with Crippen LogP contribution in [0, 0.1) is 10.1 Å². The molecule has 25 heavy (non-hydrogen) atoms. The number of carbonyl (C=O) groups is 1. The first kappa shape index (κ1) is 19.8. The van der Waals surface area contributed by atoms with Gasteiger partial charge in [-0.15, -0.1) is 0 Å². The van der Waals surface area contributed by atoms with Crippen molar-refractivity contribution in [3.05, 3.63) is 50.1 Å². The Morgan fingerprint density at radius 1 is 1.32 bits per heavy atom. The van der Waals surface area contributed by atoms with Crippen LogP contribution in [0.4, 0.5) is 5.69 Å². The van der Waals surface area contributed by atoms with Gasteiger partial charge in [-0.2, -0.15) is 0 Å². The molecule has 2 rings (SSSR count). The normalized spacial score (nSPS) is 10.5. The highest BCUT2D eigenvalue weighted by Crippen LogP contribution is 2.33. The van der Waals surface area contributed by atoms with Gasteiger partial charge in [-0.3, -0.25) is 14.9 Å². The predicted molar refractivity (Wildman–Crippen MR) is 97.4 cm³/mol. The lowest BCUT2D eigenvalue weighted by atomic mass is 10.2. The zero-order valence-corrected chi connectivity index (χ0v) is 15.9. The molecule has 0 aliphatic carbocycles. The Morgan fingerprint density at radius 2 is 2.00 bits per heavy atom. The lowest BCUT2D eigenvalue weighted by molar-refractivity contribution is -0.388. The maximum atomic E-state index is 11.2. The molecular formula is C14H11Cl2N3O4S2. The van der Waals surface area contributed by atoms with E-state index in [1.54, 1.807) is 18.2 Å². The minimum Gasteiger partial charge on any atom is -0.468 e. The first-order valence-corrected chi connectivity index (χ1v) is 9.41. The monoisotopic (exact) mass is 419 g/mol. The Hall–Kier alpha value is -1.55. The molecule has 0 bridgehead atoms. The van der Waals surface area contributed by atoms with Gasteiger partial charge in [0.05, 0.1) is 17.8 Å². The van der Waals surface area contributed by atoms with Gasteiger partial charge in [0, 0.05) is 15.8 Å². The van der Waals surface area contributed by atoms with Gasteiger partial charge >= 0.3 is 11.7 Å². The van der Waals surface area contributed by atoms with Gasteiger partial charge in [-0.05, 0) is 17.7 Å². The largest absolute Gasteiger partial charge is 0.468 e. The highest BCUT2D eigenvalue weighted by Gasteiger charge is 2.19. The molecule has 0 saturated heterocycles. The molecule has 0 saturated carbocycles. The fraction of sp³-hybridized carbons (Fsp3) is 0.214. The second kappa shape index (κ2) is 9.23. The molecule has 0 fully saturated rings. The second-order valence-corrected chi connectivity index (χ2v) is 7.17. The third-order valence-electron chi connectivity index (χ3n) is 2.87. The van der Waals surface area contributed by atoms with Crippen LogP contribution in [0.25, 0.3) is 0 Å². The average molecular weight is 420 g/mol. The summed E-state index contributed by atoms with van der Waals surface area (Å²) in [5.74, 6) is -0.193. The van der Waals surface area contributed by atoms with Crippen molar-refractivity contribution in [1.29, 1.82) is 0 Å². The lowest BCUT2D eigenvalue weighted by Crippen LogP contribution is -2.05. The first-order chi connectivity index (χ1) is 11.9. The van der Waals surface area contributed by atoms with E-state index in [-0.39, 0.29) is 16.5 Å². The van der Waals surface area contributed by atoms with E-state index in [1.807, 2.05) is 0 Å². The van der Waals surface area contributed by atoms with E-state index in [4.69, 9.17) is 23.2 Å². The molecule has 1 heterocycles. The topological polar surface area (TPSA) is 95.2 Å². The van der Waals surface area contributed by atoms with Gasteiger partial charge in [-0.1, -0.05) is 52.8 Å². The molecule has 2 aromatic rings. The summed E-state index contributed by atoms with van der Waals surface area (Å²) in [6, 6.07) is 5.18. The molecule has 0 spiro atoms. The summed E-state index contributed by atoms with van der Waals surface area (Å²) < 4.78 is 4.53. The van der Waals surface area contributed by atoms with Crippen molar-refractivity contribution in [3.8, 4) is 0 Å². The fourth-order valence-corrected chi connectivity index (χ4v) is 4.05. The van der Waals surface area contributed by atoms with E-state index in [0.717, 1.165) is 23.5 Å². The van der Waals surface area contributed by atoms with Crippen LogP contribution in [-0.4, -0.2) is 33.7 Å². The van der Waals surface area contributed by atoms with E-state index in [1.165, 1.54) is 18.9 Å². The Labute approximate surface area is 161 Å². The Morgan fingerprint density at radius 3 is 2.60 bits per heavy atom. The Balaban J connectivity index is 2.18. The SMILES string of the molecule is COC(=O)CSc1nc(SCc2c(Cl)cccc2Cl)ncc1[N+](=O)[O-]. The predicted octanol–water partition coefficient (Wildman–Crippen LogP) is 4.25. The maximum absolute atomic E-state index is 11.2. The van der Waals surface area contributed by atoms with Gasteiger partial charge in [0.2, 0.25) is 0 Å². The molecular weight excluding hydrogens is 409 g/mol. The van der Waals surface area contributed by atoms with Crippen LogP contribution in [0.15, 0.2) is 34.6 Å². The summed E-state index contributed by atoms with van der Waals surface area (Å²) in [6.45, 7) is 0. The number of benzene rings is 1. The molecule has 0 unspecified atom stereocenters. The number of hydrogen-bond acceptors (Lipinski definition) is 8. The van der Waals surface area contributed by atoms with Crippen LogP contribution in [0.3, 0.4) is 0 Å². The minimum absolute atomic E-state index is 0.0885. The molecule has 0 amide bonds. The number of hydrogen-bond donors (Lipinski definition) is 0. The summed E-state index contributed by atoms with van der Waals surface area (Å²) in [6.07, 6.45) is 1.11. The van der Waals surface area contributed by atoms with E-state index in [0.29, 0.717) is 21.0 Å². The summed E-state index contributed by atoms with van der Waals surface area (Å²) in [5.41, 5.74) is 0.454. The van der Waals surface area contributed by atoms with E-state index in [9.17, 15) is 14.9 Å². The first-order valence-electron chi connectivity index (χ1n) is 6.69. The van der Waals surface area contributed by atoms with E-state index < -0.39 is 10.9 Å².